The fourth-order valence-electron chi connectivity index (χ4n) is 4.43. The van der Waals surface area contributed by atoms with Gasteiger partial charge in [-0.25, -0.2) is 8.42 Å². The molecule has 9 nitrogen and oxygen atoms in total. The van der Waals surface area contributed by atoms with Crippen LogP contribution in [-0.4, -0.2) is 74.7 Å². The fourth-order valence-corrected chi connectivity index (χ4v) is 5.60. The van der Waals surface area contributed by atoms with E-state index in [1.54, 1.807) is 28.9 Å². The number of esters is 1. The summed E-state index contributed by atoms with van der Waals surface area (Å²) < 4.78 is 32.2. The summed E-state index contributed by atoms with van der Waals surface area (Å²) in [5.41, 5.74) is 1.53. The van der Waals surface area contributed by atoms with Gasteiger partial charge in [0.2, 0.25) is 21.8 Å². The highest BCUT2D eigenvalue weighted by Crippen LogP contribution is 2.34. The number of likely N-dealkylation sites (N-methyl/N-ethyl adjacent to an activating group) is 1. The molecule has 10 heteroatoms. The molecular weight excluding hydrogens is 434 g/mol. The maximum Gasteiger partial charge on any atom is 0.309 e. The quantitative estimate of drug-likeness (QED) is 0.589. The van der Waals surface area contributed by atoms with E-state index in [2.05, 4.69) is 0 Å². The third-order valence-electron chi connectivity index (χ3n) is 6.14. The van der Waals surface area contributed by atoms with Crippen LogP contribution in [0.15, 0.2) is 23.1 Å². The van der Waals surface area contributed by atoms with Crippen LogP contribution in [0.1, 0.15) is 39.2 Å². The van der Waals surface area contributed by atoms with Crippen molar-refractivity contribution < 1.29 is 27.5 Å². The molecule has 1 fully saturated rings. The number of hydrogen-bond donors (Lipinski definition) is 0. The highest BCUT2D eigenvalue weighted by molar-refractivity contribution is 7.89. The first-order valence-corrected chi connectivity index (χ1v) is 12.3. The summed E-state index contributed by atoms with van der Waals surface area (Å²) in [5.74, 6) is -0.838. The largest absolute Gasteiger partial charge is 0.466 e. The van der Waals surface area contributed by atoms with E-state index in [1.165, 1.54) is 20.0 Å². The molecule has 0 bridgehead atoms. The van der Waals surface area contributed by atoms with Gasteiger partial charge in [-0.3, -0.25) is 14.4 Å². The maximum absolute atomic E-state index is 13.1. The first kappa shape index (κ1) is 24.2. The van der Waals surface area contributed by atoms with Crippen molar-refractivity contribution in [2.24, 2.45) is 5.92 Å². The first-order chi connectivity index (χ1) is 15.1. The Morgan fingerprint density at radius 1 is 1.19 bits per heavy atom. The Hall–Kier alpha value is -2.46. The SMILES string of the molecule is CCOC(=O)C1CCN(C(=O)CN(C)S(=O)(=O)c2ccc3c(c2)C[C@@H](C)N3C(C)=O)CC1. The van der Waals surface area contributed by atoms with Gasteiger partial charge in [0.25, 0.3) is 0 Å². The van der Waals surface area contributed by atoms with E-state index >= 15 is 0 Å². The number of ether oxygens (including phenoxy) is 1. The normalized spacial score (nSPS) is 19.2. The number of carbonyl (C=O) groups is 3. The van der Waals surface area contributed by atoms with E-state index < -0.39 is 10.0 Å². The van der Waals surface area contributed by atoms with Crippen LogP contribution >= 0.6 is 0 Å². The Morgan fingerprint density at radius 2 is 1.84 bits per heavy atom. The lowest BCUT2D eigenvalue weighted by atomic mass is 9.97. The zero-order valence-electron chi connectivity index (χ0n) is 19.0. The van der Waals surface area contributed by atoms with Crippen LogP contribution in [0.2, 0.25) is 0 Å². The summed E-state index contributed by atoms with van der Waals surface area (Å²) >= 11 is 0. The van der Waals surface area contributed by atoms with Crippen LogP contribution < -0.4 is 4.90 Å². The van der Waals surface area contributed by atoms with Gasteiger partial charge < -0.3 is 14.5 Å². The molecule has 2 aliphatic heterocycles. The minimum absolute atomic E-state index is 0.0303. The van der Waals surface area contributed by atoms with Crippen LogP contribution in [0.25, 0.3) is 0 Å². The zero-order valence-corrected chi connectivity index (χ0v) is 19.9. The monoisotopic (exact) mass is 465 g/mol. The van der Waals surface area contributed by atoms with Crippen molar-refractivity contribution in [1.29, 1.82) is 0 Å². The average molecular weight is 466 g/mol. The number of sulfonamides is 1. The standard InChI is InChI=1S/C22H31N3O6S/c1-5-31-22(28)17-8-10-24(11-9-17)21(27)14-23(4)32(29,30)19-6-7-20-18(13-19)12-15(2)25(20)16(3)26/h6-7,13,15,17H,5,8-12,14H2,1-4H3/t15-/m1/s1. The van der Waals surface area contributed by atoms with Crippen molar-refractivity contribution in [3.8, 4) is 0 Å². The fraction of sp³-hybridized carbons (Fsp3) is 0.591. The van der Waals surface area contributed by atoms with Gasteiger partial charge in [0.05, 0.1) is 24.0 Å². The Labute approximate surface area is 189 Å². The molecule has 0 aliphatic carbocycles. The predicted octanol–water partition coefficient (Wildman–Crippen LogP) is 1.41. The van der Waals surface area contributed by atoms with Crippen molar-refractivity contribution in [2.45, 2.75) is 51.0 Å². The summed E-state index contributed by atoms with van der Waals surface area (Å²) in [6.07, 6.45) is 1.60. The topological polar surface area (TPSA) is 104 Å². The lowest BCUT2D eigenvalue weighted by Gasteiger charge is -2.32. The molecule has 2 aliphatic rings. The average Bonchev–Trinajstić information content (AvgIpc) is 3.08. The minimum Gasteiger partial charge on any atom is -0.466 e. The number of benzene rings is 1. The Bertz CT molecular complexity index is 1000. The molecule has 2 amide bonds. The second-order valence-corrected chi connectivity index (χ2v) is 10.4. The van der Waals surface area contributed by atoms with Crippen molar-refractivity contribution in [1.82, 2.24) is 9.21 Å². The van der Waals surface area contributed by atoms with Gasteiger partial charge in [-0.05, 0) is 56.9 Å². The van der Waals surface area contributed by atoms with Gasteiger partial charge in [-0.2, -0.15) is 4.31 Å². The molecule has 1 aromatic carbocycles. The number of amides is 2. The molecule has 2 heterocycles. The molecular formula is C22H31N3O6S. The molecule has 1 saturated heterocycles. The van der Waals surface area contributed by atoms with E-state index in [0.717, 1.165) is 15.6 Å². The molecule has 32 heavy (non-hydrogen) atoms. The van der Waals surface area contributed by atoms with Crippen LogP contribution in [0, 0.1) is 5.92 Å². The summed E-state index contributed by atoms with van der Waals surface area (Å²) in [6.45, 7) is 6.01. The molecule has 1 aromatic rings. The molecule has 0 radical (unpaired) electrons. The number of hydrogen-bond acceptors (Lipinski definition) is 6. The third-order valence-corrected chi connectivity index (χ3v) is 7.94. The lowest BCUT2D eigenvalue weighted by molar-refractivity contribution is -0.151. The second-order valence-electron chi connectivity index (χ2n) is 8.40. The van der Waals surface area contributed by atoms with E-state index in [1.807, 2.05) is 6.92 Å². The predicted molar refractivity (Wildman–Crippen MR) is 119 cm³/mol. The zero-order chi connectivity index (χ0) is 23.6. The number of fused-ring (bicyclic) bond motifs is 1. The molecule has 0 saturated carbocycles. The van der Waals surface area contributed by atoms with E-state index in [9.17, 15) is 22.8 Å². The Morgan fingerprint density at radius 3 is 2.44 bits per heavy atom. The molecule has 0 spiro atoms. The number of piperidine rings is 1. The highest BCUT2D eigenvalue weighted by Gasteiger charge is 2.33. The second kappa shape index (κ2) is 9.58. The van der Waals surface area contributed by atoms with Crippen LogP contribution in [0.3, 0.4) is 0 Å². The van der Waals surface area contributed by atoms with Crippen LogP contribution in [0.5, 0.6) is 0 Å². The van der Waals surface area contributed by atoms with Crippen molar-refractivity contribution in [2.75, 3.05) is 38.2 Å². The van der Waals surface area contributed by atoms with Crippen molar-refractivity contribution in [3.63, 3.8) is 0 Å². The number of carbonyl (C=O) groups excluding carboxylic acids is 3. The summed E-state index contributed by atoms with van der Waals surface area (Å²) in [5, 5.41) is 0. The number of rotatable bonds is 6. The van der Waals surface area contributed by atoms with E-state index in [4.69, 9.17) is 4.74 Å². The summed E-state index contributed by atoms with van der Waals surface area (Å²) in [6, 6.07) is 4.70. The van der Waals surface area contributed by atoms with Crippen LogP contribution in [-0.2, 0) is 35.6 Å². The summed E-state index contributed by atoms with van der Waals surface area (Å²) in [7, 11) is -2.49. The molecule has 1 atom stereocenters. The molecule has 0 unspecified atom stereocenters. The molecule has 176 valence electrons. The number of nitrogens with zero attached hydrogens (tertiary/aromatic N) is 3. The van der Waals surface area contributed by atoms with Gasteiger partial charge in [0.15, 0.2) is 0 Å². The Balaban J connectivity index is 1.65. The van der Waals surface area contributed by atoms with Crippen molar-refractivity contribution >= 4 is 33.5 Å². The van der Waals surface area contributed by atoms with E-state index in [-0.39, 0.29) is 41.2 Å². The maximum atomic E-state index is 13.1. The molecule has 3 rings (SSSR count). The molecule has 0 aromatic heterocycles. The third kappa shape index (κ3) is 4.80. The lowest BCUT2D eigenvalue weighted by Crippen LogP contribution is -2.45. The number of likely N-dealkylation sites (tertiary alicyclic amines) is 1. The summed E-state index contributed by atoms with van der Waals surface area (Å²) in [4.78, 5) is 39.8. The van der Waals surface area contributed by atoms with Gasteiger partial charge >= 0.3 is 5.97 Å². The van der Waals surface area contributed by atoms with Gasteiger partial charge in [-0.1, -0.05) is 0 Å². The van der Waals surface area contributed by atoms with Crippen molar-refractivity contribution in [3.05, 3.63) is 23.8 Å². The van der Waals surface area contributed by atoms with Gasteiger partial charge in [0.1, 0.15) is 0 Å². The van der Waals surface area contributed by atoms with Gasteiger partial charge in [0, 0.05) is 38.8 Å². The first-order valence-electron chi connectivity index (χ1n) is 10.9. The molecule has 0 N–H and O–H groups in total. The minimum atomic E-state index is -3.87. The van der Waals surface area contributed by atoms with Gasteiger partial charge in [-0.15, -0.1) is 0 Å². The number of anilines is 1. The highest BCUT2D eigenvalue weighted by atomic mass is 32.2. The van der Waals surface area contributed by atoms with Crippen LogP contribution in [0.4, 0.5) is 5.69 Å². The van der Waals surface area contributed by atoms with E-state index in [0.29, 0.717) is 39.0 Å². The smallest absolute Gasteiger partial charge is 0.309 e. The Kier molecular flexibility index (Phi) is 7.24.